The number of morpholine rings is 1. The maximum atomic E-state index is 13.3. The number of fused-ring (bicyclic) bond motifs is 1. The highest BCUT2D eigenvalue weighted by Gasteiger charge is 2.41. The summed E-state index contributed by atoms with van der Waals surface area (Å²) >= 11 is 1.67. The number of likely N-dealkylation sites (tertiary alicyclic amines) is 1. The molecule has 0 radical (unpaired) electrons. The minimum atomic E-state index is -0.799. The van der Waals surface area contributed by atoms with Crippen molar-refractivity contribution < 1.29 is 19.7 Å². The van der Waals surface area contributed by atoms with Crippen molar-refractivity contribution in [3.63, 3.8) is 0 Å². The number of phenolic OH excluding ortho intramolecular Hbond substituents is 1. The Morgan fingerprint density at radius 2 is 1.85 bits per heavy atom. The Hall–Kier alpha value is -3.54. The number of hydrogen-bond acceptors (Lipinski definition) is 8. The number of phenols is 1. The topological polar surface area (TPSA) is 118 Å². The summed E-state index contributed by atoms with van der Waals surface area (Å²) in [5, 5.41) is 27.2. The molecular weight excluding hydrogens is 612 g/mol. The van der Waals surface area contributed by atoms with Crippen molar-refractivity contribution in [2.24, 2.45) is 0 Å². The van der Waals surface area contributed by atoms with Crippen LogP contribution in [0.2, 0.25) is 0 Å². The predicted octanol–water partition coefficient (Wildman–Crippen LogP) is 5.18. The van der Waals surface area contributed by atoms with Gasteiger partial charge in [0.05, 0.1) is 35.9 Å². The molecule has 9 nitrogen and oxygen atoms in total. The number of aliphatic hydroxyl groups excluding tert-OH is 1. The van der Waals surface area contributed by atoms with Crippen molar-refractivity contribution in [3.05, 3.63) is 97.5 Å². The SMILES string of the molecule is CC(C)c1cc(C(=O)N2CCOC3(CCN(Cc4cccc(C[C@@H](C)NC[C@H](O)c5ccc(O)c6[nH]c(=O)ccc56)c4)CC3)C2)cs1. The van der Waals surface area contributed by atoms with Crippen LogP contribution in [0.5, 0.6) is 5.75 Å². The fourth-order valence-corrected chi connectivity index (χ4v) is 7.80. The predicted molar refractivity (Wildman–Crippen MR) is 186 cm³/mol. The number of hydrogen-bond donors (Lipinski definition) is 4. The molecule has 2 atom stereocenters. The van der Waals surface area contributed by atoms with Gasteiger partial charge in [-0.2, -0.15) is 0 Å². The molecule has 0 aliphatic carbocycles. The summed E-state index contributed by atoms with van der Waals surface area (Å²) in [6.45, 7) is 11.4. The molecule has 0 unspecified atom stereocenters. The summed E-state index contributed by atoms with van der Waals surface area (Å²) in [5.41, 5.74) is 3.73. The van der Waals surface area contributed by atoms with Crippen molar-refractivity contribution in [1.29, 1.82) is 0 Å². The average molecular weight is 659 g/mol. The number of amides is 1. The molecule has 1 spiro atoms. The Morgan fingerprint density at radius 1 is 1.06 bits per heavy atom. The second-order valence-corrected chi connectivity index (χ2v) is 14.5. The van der Waals surface area contributed by atoms with E-state index in [-0.39, 0.29) is 28.9 Å². The molecule has 2 saturated heterocycles. The average Bonchev–Trinajstić information content (AvgIpc) is 3.56. The van der Waals surface area contributed by atoms with Crippen molar-refractivity contribution in [1.82, 2.24) is 20.1 Å². The molecule has 2 aromatic heterocycles. The molecule has 2 aliphatic rings. The summed E-state index contributed by atoms with van der Waals surface area (Å²) in [7, 11) is 0. The molecule has 6 rings (SSSR count). The van der Waals surface area contributed by atoms with Gasteiger partial charge in [0.25, 0.3) is 5.91 Å². The highest BCUT2D eigenvalue weighted by molar-refractivity contribution is 7.10. The van der Waals surface area contributed by atoms with Crippen molar-refractivity contribution in [2.75, 3.05) is 39.3 Å². The number of ether oxygens (including phenoxy) is 1. The number of rotatable bonds is 10. The molecule has 250 valence electrons. The fourth-order valence-electron chi connectivity index (χ4n) is 6.90. The molecule has 10 heteroatoms. The van der Waals surface area contributed by atoms with E-state index in [0.29, 0.717) is 48.6 Å². The minimum Gasteiger partial charge on any atom is -0.506 e. The maximum Gasteiger partial charge on any atom is 0.254 e. The van der Waals surface area contributed by atoms with Gasteiger partial charge in [-0.15, -0.1) is 11.3 Å². The van der Waals surface area contributed by atoms with Gasteiger partial charge in [-0.3, -0.25) is 14.5 Å². The van der Waals surface area contributed by atoms with Crippen LogP contribution in [-0.2, 0) is 17.7 Å². The van der Waals surface area contributed by atoms with Crippen molar-refractivity contribution in [3.8, 4) is 5.75 Å². The van der Waals surface area contributed by atoms with E-state index in [4.69, 9.17) is 4.74 Å². The molecule has 4 N–H and O–H groups in total. The van der Waals surface area contributed by atoms with Crippen LogP contribution >= 0.6 is 11.3 Å². The summed E-state index contributed by atoms with van der Waals surface area (Å²) in [6, 6.07) is 17.1. The van der Waals surface area contributed by atoms with Gasteiger partial charge in [0.15, 0.2) is 0 Å². The second-order valence-electron chi connectivity index (χ2n) is 13.6. The third-order valence-electron chi connectivity index (χ3n) is 9.60. The third-order valence-corrected chi connectivity index (χ3v) is 10.8. The quantitative estimate of drug-likeness (QED) is 0.186. The molecule has 0 bridgehead atoms. The zero-order valence-corrected chi connectivity index (χ0v) is 28.3. The Kier molecular flexibility index (Phi) is 10.1. The summed E-state index contributed by atoms with van der Waals surface area (Å²) in [6.07, 6.45) is 1.83. The smallest absolute Gasteiger partial charge is 0.254 e. The zero-order valence-electron chi connectivity index (χ0n) is 27.5. The van der Waals surface area contributed by atoms with Gasteiger partial charge >= 0.3 is 0 Å². The molecule has 2 aliphatic heterocycles. The minimum absolute atomic E-state index is 0.0191. The monoisotopic (exact) mass is 658 g/mol. The van der Waals surface area contributed by atoms with Crippen LogP contribution in [0.4, 0.5) is 0 Å². The molecular formula is C37H46N4O5S. The van der Waals surface area contributed by atoms with Gasteiger partial charge in [-0.1, -0.05) is 44.2 Å². The first-order valence-corrected chi connectivity index (χ1v) is 17.6. The number of nitrogens with one attached hydrogen (secondary N) is 2. The van der Waals surface area contributed by atoms with Crippen LogP contribution in [0.25, 0.3) is 10.9 Å². The molecule has 0 saturated carbocycles. The first-order chi connectivity index (χ1) is 22.6. The Morgan fingerprint density at radius 3 is 2.62 bits per heavy atom. The highest BCUT2D eigenvalue weighted by Crippen LogP contribution is 2.33. The first kappa shape index (κ1) is 33.4. The summed E-state index contributed by atoms with van der Waals surface area (Å²) < 4.78 is 6.36. The van der Waals surface area contributed by atoms with Crippen LogP contribution in [0.3, 0.4) is 0 Å². The molecule has 4 heterocycles. The molecule has 47 heavy (non-hydrogen) atoms. The van der Waals surface area contributed by atoms with Gasteiger partial charge in [0.2, 0.25) is 5.56 Å². The van der Waals surface area contributed by atoms with Gasteiger partial charge in [0.1, 0.15) is 5.75 Å². The van der Waals surface area contributed by atoms with Crippen LogP contribution in [0.15, 0.2) is 64.8 Å². The number of carbonyl (C=O) groups excluding carboxylic acids is 1. The third kappa shape index (κ3) is 7.79. The van der Waals surface area contributed by atoms with E-state index in [1.54, 1.807) is 23.5 Å². The van der Waals surface area contributed by atoms with Gasteiger partial charge in [0, 0.05) is 60.5 Å². The van der Waals surface area contributed by atoms with E-state index in [0.717, 1.165) is 44.5 Å². The normalized spacial score (nSPS) is 18.2. The highest BCUT2D eigenvalue weighted by atomic mass is 32.1. The number of piperidine rings is 1. The lowest BCUT2D eigenvalue weighted by atomic mass is 9.89. The Bertz CT molecular complexity index is 1760. The van der Waals surface area contributed by atoms with Crippen molar-refractivity contribution in [2.45, 2.75) is 70.2 Å². The Balaban J connectivity index is 0.991. The number of aromatic nitrogens is 1. The van der Waals surface area contributed by atoms with Crippen LogP contribution in [-0.4, -0.2) is 81.9 Å². The zero-order chi connectivity index (χ0) is 33.1. The number of pyridine rings is 1. The standard InChI is InChI=1S/C37H46N4O5S/c1-24(2)33-19-28(22-47-33)36(45)41-15-16-46-37(23-41)11-13-40(14-12-37)21-27-6-4-5-26(18-27)17-25(3)38-20-32(43)29-7-9-31(42)35-30(29)8-10-34(44)39-35/h4-10,18-19,22,24-25,32,38,42-43H,11-17,20-21,23H2,1-3H3,(H,39,44)/t25-,32+/m1/s1. The van der Waals surface area contributed by atoms with E-state index < -0.39 is 6.10 Å². The maximum absolute atomic E-state index is 13.3. The van der Waals surface area contributed by atoms with E-state index >= 15 is 0 Å². The van der Waals surface area contributed by atoms with Gasteiger partial charge < -0.3 is 30.2 Å². The first-order valence-electron chi connectivity index (χ1n) is 16.7. The molecule has 2 aromatic carbocycles. The van der Waals surface area contributed by atoms with Gasteiger partial charge in [-0.05, 0) is 67.0 Å². The van der Waals surface area contributed by atoms with Gasteiger partial charge in [-0.25, -0.2) is 0 Å². The number of aromatic hydroxyl groups is 1. The fraction of sp³-hybridized carbons (Fsp3) is 0.459. The van der Waals surface area contributed by atoms with Crippen LogP contribution in [0.1, 0.15) is 77.6 Å². The lowest BCUT2D eigenvalue weighted by Crippen LogP contribution is -2.57. The number of thiophene rings is 1. The molecule has 1 amide bonds. The van der Waals surface area contributed by atoms with Crippen LogP contribution < -0.4 is 10.9 Å². The molecule has 4 aromatic rings. The lowest BCUT2D eigenvalue weighted by molar-refractivity contribution is -0.127. The molecule has 2 fully saturated rings. The van der Waals surface area contributed by atoms with E-state index in [1.807, 2.05) is 10.3 Å². The number of H-pyrrole nitrogens is 1. The van der Waals surface area contributed by atoms with Crippen LogP contribution in [0, 0.1) is 0 Å². The summed E-state index contributed by atoms with van der Waals surface area (Å²) in [5.74, 6) is 0.533. The second kappa shape index (κ2) is 14.3. The number of aromatic amines is 1. The lowest BCUT2D eigenvalue weighted by Gasteiger charge is -2.47. The number of aliphatic hydroxyl groups is 1. The van der Waals surface area contributed by atoms with Crippen molar-refractivity contribution >= 4 is 28.1 Å². The number of nitrogens with zero attached hydrogens (tertiary/aromatic N) is 2. The largest absolute Gasteiger partial charge is 0.506 e. The van der Waals surface area contributed by atoms with E-state index in [9.17, 15) is 19.8 Å². The number of benzene rings is 2. The van der Waals surface area contributed by atoms with E-state index in [2.05, 4.69) is 66.3 Å². The number of carbonyl (C=O) groups is 1. The summed E-state index contributed by atoms with van der Waals surface area (Å²) in [4.78, 5) is 33.4. The van der Waals surface area contributed by atoms with E-state index in [1.165, 1.54) is 28.1 Å². The Labute approximate surface area is 280 Å².